The van der Waals surface area contributed by atoms with Crippen molar-refractivity contribution in [2.75, 3.05) is 13.2 Å². The summed E-state index contributed by atoms with van der Waals surface area (Å²) in [4.78, 5) is 23.9. The number of hydrogen-bond donors (Lipinski definition) is 2. The van der Waals surface area contributed by atoms with Crippen molar-refractivity contribution in [2.45, 2.75) is 18.9 Å². The number of aromatic hydroxyl groups is 1. The second-order valence-electron chi connectivity index (χ2n) is 5.62. The molecule has 7 nitrogen and oxygen atoms in total. The maximum atomic E-state index is 12.3. The zero-order chi connectivity index (χ0) is 15.8. The number of imidazole rings is 1. The van der Waals surface area contributed by atoms with Gasteiger partial charge in [-0.15, -0.1) is 0 Å². The van der Waals surface area contributed by atoms with Crippen LogP contribution in [0.3, 0.4) is 0 Å². The van der Waals surface area contributed by atoms with E-state index < -0.39 is 0 Å². The quantitative estimate of drug-likeness (QED) is 0.753. The predicted molar refractivity (Wildman–Crippen MR) is 84.3 cm³/mol. The summed E-state index contributed by atoms with van der Waals surface area (Å²) in [7, 11) is 0. The zero-order valence-electron chi connectivity index (χ0n) is 12.4. The Balaban J connectivity index is 1.85. The van der Waals surface area contributed by atoms with Crippen molar-refractivity contribution in [3.05, 3.63) is 40.9 Å². The van der Waals surface area contributed by atoms with E-state index in [1.807, 2.05) is 6.07 Å². The molecule has 0 saturated carbocycles. The van der Waals surface area contributed by atoms with Crippen molar-refractivity contribution >= 4 is 11.2 Å². The SMILES string of the molecule is O=c1[nH]c2cnc(-c3cccc(O)c3)nc2n1C1CCOCC1. The zero-order valence-corrected chi connectivity index (χ0v) is 12.4. The highest BCUT2D eigenvalue weighted by atomic mass is 16.5. The summed E-state index contributed by atoms with van der Waals surface area (Å²) >= 11 is 0. The van der Waals surface area contributed by atoms with Gasteiger partial charge < -0.3 is 14.8 Å². The van der Waals surface area contributed by atoms with Crippen molar-refractivity contribution in [1.82, 2.24) is 19.5 Å². The molecule has 0 bridgehead atoms. The number of aromatic nitrogens is 4. The fourth-order valence-corrected chi connectivity index (χ4v) is 2.98. The van der Waals surface area contributed by atoms with Crippen LogP contribution in [0.1, 0.15) is 18.9 Å². The third-order valence-corrected chi connectivity index (χ3v) is 4.12. The molecule has 1 saturated heterocycles. The summed E-state index contributed by atoms with van der Waals surface area (Å²) < 4.78 is 7.07. The van der Waals surface area contributed by atoms with E-state index in [0.29, 0.717) is 35.8 Å². The highest BCUT2D eigenvalue weighted by Gasteiger charge is 2.21. The van der Waals surface area contributed by atoms with Crippen LogP contribution in [0.5, 0.6) is 5.75 Å². The summed E-state index contributed by atoms with van der Waals surface area (Å²) in [6, 6.07) is 6.84. The maximum absolute atomic E-state index is 12.3. The lowest BCUT2D eigenvalue weighted by atomic mass is 10.1. The number of nitrogens with zero attached hydrogens (tertiary/aromatic N) is 3. The number of benzene rings is 1. The molecule has 0 aliphatic carbocycles. The first kappa shape index (κ1) is 14.0. The summed E-state index contributed by atoms with van der Waals surface area (Å²) in [5.41, 5.74) is 1.74. The largest absolute Gasteiger partial charge is 0.508 e. The van der Waals surface area contributed by atoms with E-state index in [4.69, 9.17) is 4.74 Å². The first-order chi connectivity index (χ1) is 11.2. The van der Waals surface area contributed by atoms with Crippen molar-refractivity contribution in [3.63, 3.8) is 0 Å². The van der Waals surface area contributed by atoms with Crippen LogP contribution >= 0.6 is 0 Å². The van der Waals surface area contributed by atoms with Gasteiger partial charge in [-0.25, -0.2) is 14.8 Å². The number of rotatable bonds is 2. The fraction of sp³-hybridized carbons (Fsp3) is 0.312. The van der Waals surface area contributed by atoms with Gasteiger partial charge in [-0.3, -0.25) is 4.57 Å². The Labute approximate surface area is 131 Å². The van der Waals surface area contributed by atoms with Crippen LogP contribution in [0, 0.1) is 0 Å². The van der Waals surface area contributed by atoms with E-state index in [1.54, 1.807) is 29.0 Å². The van der Waals surface area contributed by atoms with Crippen LogP contribution in [0.15, 0.2) is 35.3 Å². The van der Waals surface area contributed by atoms with Crippen LogP contribution in [-0.4, -0.2) is 37.8 Å². The summed E-state index contributed by atoms with van der Waals surface area (Å²) in [5, 5.41) is 9.62. The standard InChI is InChI=1S/C16H16N4O3/c21-12-3-1-2-10(8-12)14-17-9-13-15(19-14)20(16(22)18-13)11-4-6-23-7-5-11/h1-3,8-9,11,21H,4-7H2,(H,18,22). The second-order valence-corrected chi connectivity index (χ2v) is 5.62. The van der Waals surface area contributed by atoms with Crippen LogP contribution < -0.4 is 5.69 Å². The highest BCUT2D eigenvalue weighted by molar-refractivity contribution is 5.73. The molecule has 0 radical (unpaired) electrons. The van der Waals surface area contributed by atoms with Crippen LogP contribution in [0.25, 0.3) is 22.6 Å². The molecule has 1 aromatic carbocycles. The van der Waals surface area contributed by atoms with Gasteiger partial charge in [0.2, 0.25) is 0 Å². The molecule has 4 rings (SSSR count). The van der Waals surface area contributed by atoms with E-state index in [1.165, 1.54) is 0 Å². The molecular formula is C16H16N4O3. The molecule has 0 amide bonds. The van der Waals surface area contributed by atoms with Gasteiger partial charge in [0.15, 0.2) is 11.5 Å². The van der Waals surface area contributed by atoms with Crippen LogP contribution in [0.4, 0.5) is 0 Å². The monoisotopic (exact) mass is 312 g/mol. The lowest BCUT2D eigenvalue weighted by molar-refractivity contribution is 0.0697. The van der Waals surface area contributed by atoms with Gasteiger partial charge in [0.05, 0.1) is 6.20 Å². The molecule has 1 aliphatic rings. The normalized spacial score (nSPS) is 16.0. The van der Waals surface area contributed by atoms with Crippen molar-refractivity contribution in [3.8, 4) is 17.1 Å². The topological polar surface area (TPSA) is 93.0 Å². The fourth-order valence-electron chi connectivity index (χ4n) is 2.98. The van der Waals surface area contributed by atoms with Gasteiger partial charge in [-0.05, 0) is 25.0 Å². The molecule has 0 atom stereocenters. The lowest BCUT2D eigenvalue weighted by Gasteiger charge is -2.22. The molecule has 2 N–H and O–H groups in total. The van der Waals surface area contributed by atoms with Gasteiger partial charge in [0.1, 0.15) is 11.3 Å². The molecule has 2 aromatic heterocycles. The van der Waals surface area contributed by atoms with Gasteiger partial charge >= 0.3 is 5.69 Å². The van der Waals surface area contributed by atoms with E-state index in [2.05, 4.69) is 15.0 Å². The molecular weight excluding hydrogens is 296 g/mol. The van der Waals surface area contributed by atoms with Gasteiger partial charge in [-0.2, -0.15) is 0 Å². The van der Waals surface area contributed by atoms with E-state index in [9.17, 15) is 9.90 Å². The first-order valence-corrected chi connectivity index (χ1v) is 7.57. The van der Waals surface area contributed by atoms with Gasteiger partial charge in [0, 0.05) is 24.8 Å². The number of fused-ring (bicyclic) bond motifs is 1. The number of H-pyrrole nitrogens is 1. The minimum atomic E-state index is -0.172. The number of phenols is 1. The number of hydrogen-bond acceptors (Lipinski definition) is 5. The Kier molecular flexibility index (Phi) is 3.34. The Bertz CT molecular complexity index is 909. The summed E-state index contributed by atoms with van der Waals surface area (Å²) in [6.07, 6.45) is 3.19. The summed E-state index contributed by atoms with van der Waals surface area (Å²) in [6.45, 7) is 1.29. The first-order valence-electron chi connectivity index (χ1n) is 7.57. The molecule has 1 aliphatic heterocycles. The van der Waals surface area contributed by atoms with E-state index in [-0.39, 0.29) is 17.5 Å². The van der Waals surface area contributed by atoms with Crippen molar-refractivity contribution < 1.29 is 9.84 Å². The van der Waals surface area contributed by atoms with Gasteiger partial charge in [-0.1, -0.05) is 12.1 Å². The van der Waals surface area contributed by atoms with Crippen LogP contribution in [-0.2, 0) is 4.74 Å². The number of phenolic OH excluding ortho intramolecular Hbond substituents is 1. The molecule has 3 aromatic rings. The Morgan fingerprint density at radius 2 is 2.13 bits per heavy atom. The molecule has 23 heavy (non-hydrogen) atoms. The Morgan fingerprint density at radius 3 is 2.91 bits per heavy atom. The van der Waals surface area contributed by atoms with Crippen molar-refractivity contribution in [2.24, 2.45) is 0 Å². The summed E-state index contributed by atoms with van der Waals surface area (Å²) in [5.74, 6) is 0.635. The third-order valence-electron chi connectivity index (χ3n) is 4.12. The maximum Gasteiger partial charge on any atom is 0.327 e. The Hall–Kier alpha value is -2.67. The number of ether oxygens (including phenoxy) is 1. The van der Waals surface area contributed by atoms with Gasteiger partial charge in [0.25, 0.3) is 0 Å². The van der Waals surface area contributed by atoms with Crippen LogP contribution in [0.2, 0.25) is 0 Å². The lowest BCUT2D eigenvalue weighted by Crippen LogP contribution is -2.27. The third kappa shape index (κ3) is 2.49. The molecule has 7 heteroatoms. The molecule has 1 fully saturated rings. The molecule has 0 spiro atoms. The highest BCUT2D eigenvalue weighted by Crippen LogP contribution is 2.25. The minimum absolute atomic E-state index is 0.0805. The predicted octanol–water partition coefficient (Wildman–Crippen LogP) is 1.84. The second kappa shape index (κ2) is 5.51. The van der Waals surface area contributed by atoms with E-state index >= 15 is 0 Å². The average molecular weight is 312 g/mol. The number of nitrogens with one attached hydrogen (secondary N) is 1. The molecule has 0 unspecified atom stereocenters. The van der Waals surface area contributed by atoms with Crippen molar-refractivity contribution in [1.29, 1.82) is 0 Å². The molecule has 118 valence electrons. The number of aromatic amines is 1. The molecule has 3 heterocycles. The average Bonchev–Trinajstić information content (AvgIpc) is 2.90. The Morgan fingerprint density at radius 1 is 1.30 bits per heavy atom. The smallest absolute Gasteiger partial charge is 0.327 e. The van der Waals surface area contributed by atoms with E-state index in [0.717, 1.165) is 12.8 Å². The minimum Gasteiger partial charge on any atom is -0.508 e.